The molecule has 1 aromatic heterocycles. The van der Waals surface area contributed by atoms with Crippen LogP contribution < -0.4 is 0 Å². The molecule has 60 valence electrons. The fourth-order valence-electron chi connectivity index (χ4n) is 0.995. The minimum Gasteiger partial charge on any atom is -0.506 e. The van der Waals surface area contributed by atoms with Gasteiger partial charge in [0.15, 0.2) is 0 Å². The number of benzene rings is 1. The Hall–Kier alpha value is -1.84. The molecule has 0 aliphatic carbocycles. The molecule has 0 unspecified atom stereocenters. The van der Waals surface area contributed by atoms with E-state index >= 15 is 0 Å². The molecule has 1 heterocycles. The molecule has 4 nitrogen and oxygen atoms in total. The zero-order chi connectivity index (χ0) is 8.39. The van der Waals surface area contributed by atoms with Crippen LogP contribution in [0.25, 0.3) is 5.69 Å². The van der Waals surface area contributed by atoms with Crippen LogP contribution in [0.15, 0.2) is 36.7 Å². The summed E-state index contributed by atoms with van der Waals surface area (Å²) in [6, 6.07) is 6.97. The fourth-order valence-corrected chi connectivity index (χ4v) is 0.995. The molecular formula is C8H7N3O. The van der Waals surface area contributed by atoms with E-state index in [-0.39, 0.29) is 5.75 Å². The first-order chi connectivity index (χ1) is 5.88. The Morgan fingerprint density at radius 3 is 2.75 bits per heavy atom. The molecule has 0 aliphatic rings. The van der Waals surface area contributed by atoms with Crippen LogP contribution in [0.1, 0.15) is 0 Å². The smallest absolute Gasteiger partial charge is 0.141 e. The lowest BCUT2D eigenvalue weighted by molar-refractivity contribution is 0.470. The van der Waals surface area contributed by atoms with Crippen molar-refractivity contribution in [3.63, 3.8) is 0 Å². The van der Waals surface area contributed by atoms with E-state index in [9.17, 15) is 5.11 Å². The van der Waals surface area contributed by atoms with Gasteiger partial charge in [0, 0.05) is 0 Å². The molecule has 1 N–H and O–H groups in total. The van der Waals surface area contributed by atoms with E-state index in [1.807, 2.05) is 6.07 Å². The number of aromatic nitrogens is 3. The van der Waals surface area contributed by atoms with Gasteiger partial charge in [-0.25, -0.2) is 4.68 Å². The molecule has 2 aromatic rings. The third-order valence-corrected chi connectivity index (χ3v) is 1.55. The number of para-hydroxylation sites is 2. The molecule has 0 fully saturated rings. The van der Waals surface area contributed by atoms with E-state index in [0.29, 0.717) is 5.69 Å². The average molecular weight is 161 g/mol. The van der Waals surface area contributed by atoms with Crippen LogP contribution in [0.4, 0.5) is 0 Å². The topological polar surface area (TPSA) is 50.9 Å². The average Bonchev–Trinajstić information content (AvgIpc) is 2.57. The Labute approximate surface area is 69.1 Å². The van der Waals surface area contributed by atoms with Gasteiger partial charge in [-0.3, -0.25) is 0 Å². The summed E-state index contributed by atoms with van der Waals surface area (Å²) in [4.78, 5) is 0. The quantitative estimate of drug-likeness (QED) is 0.678. The lowest BCUT2D eigenvalue weighted by Crippen LogP contribution is -1.94. The summed E-state index contributed by atoms with van der Waals surface area (Å²) in [7, 11) is 0. The van der Waals surface area contributed by atoms with Gasteiger partial charge in [0.05, 0.1) is 12.4 Å². The van der Waals surface area contributed by atoms with Gasteiger partial charge in [-0.05, 0) is 12.1 Å². The van der Waals surface area contributed by atoms with Gasteiger partial charge in [0.1, 0.15) is 11.4 Å². The molecule has 4 heteroatoms. The standard InChI is InChI=1S/C8H7N3O/c12-8-4-2-1-3-7(8)11-6-5-9-10-11/h1-6,12H. The third kappa shape index (κ3) is 1.03. The first-order valence-corrected chi connectivity index (χ1v) is 3.52. The summed E-state index contributed by atoms with van der Waals surface area (Å²) < 4.78 is 1.51. The number of rotatable bonds is 1. The van der Waals surface area contributed by atoms with Crippen LogP contribution in [-0.4, -0.2) is 20.1 Å². The van der Waals surface area contributed by atoms with E-state index < -0.39 is 0 Å². The normalized spacial score (nSPS) is 10.0. The maximum absolute atomic E-state index is 9.39. The Balaban J connectivity index is 2.55. The van der Waals surface area contributed by atoms with Gasteiger partial charge in [0.2, 0.25) is 0 Å². The summed E-state index contributed by atoms with van der Waals surface area (Å²) in [5.74, 6) is 0.197. The highest BCUT2D eigenvalue weighted by Gasteiger charge is 2.00. The number of nitrogens with zero attached hydrogens (tertiary/aromatic N) is 3. The Bertz CT molecular complexity index is 370. The van der Waals surface area contributed by atoms with Gasteiger partial charge >= 0.3 is 0 Å². The molecule has 0 amide bonds. The van der Waals surface area contributed by atoms with Gasteiger partial charge < -0.3 is 5.11 Å². The van der Waals surface area contributed by atoms with E-state index in [0.717, 1.165) is 0 Å². The number of hydrogen-bond donors (Lipinski definition) is 1. The van der Waals surface area contributed by atoms with Crippen LogP contribution in [0.5, 0.6) is 5.75 Å². The first kappa shape index (κ1) is 6.84. The third-order valence-electron chi connectivity index (χ3n) is 1.55. The van der Waals surface area contributed by atoms with Crippen LogP contribution >= 0.6 is 0 Å². The lowest BCUT2D eigenvalue weighted by Gasteiger charge is -2.01. The molecule has 2 rings (SSSR count). The summed E-state index contributed by atoms with van der Waals surface area (Å²) in [6.07, 6.45) is 3.24. The number of phenolic OH excluding ortho intramolecular Hbond substituents is 1. The molecule has 0 bridgehead atoms. The lowest BCUT2D eigenvalue weighted by atomic mass is 10.3. The predicted molar refractivity (Wildman–Crippen MR) is 43.0 cm³/mol. The Kier molecular flexibility index (Phi) is 1.51. The number of hydrogen-bond acceptors (Lipinski definition) is 3. The summed E-state index contributed by atoms with van der Waals surface area (Å²) in [5.41, 5.74) is 0.634. The highest BCUT2D eigenvalue weighted by atomic mass is 16.3. The van der Waals surface area contributed by atoms with Crippen LogP contribution in [0.3, 0.4) is 0 Å². The van der Waals surface area contributed by atoms with Crippen molar-refractivity contribution in [1.29, 1.82) is 0 Å². The largest absolute Gasteiger partial charge is 0.506 e. The molecule has 0 atom stereocenters. The minimum atomic E-state index is 0.197. The van der Waals surface area contributed by atoms with Crippen molar-refractivity contribution in [1.82, 2.24) is 15.0 Å². The summed E-state index contributed by atoms with van der Waals surface area (Å²) in [5, 5.41) is 16.8. The van der Waals surface area contributed by atoms with Crippen molar-refractivity contribution in [2.24, 2.45) is 0 Å². The molecule has 0 saturated carbocycles. The van der Waals surface area contributed by atoms with E-state index in [2.05, 4.69) is 10.3 Å². The second-order valence-corrected chi connectivity index (χ2v) is 2.34. The number of phenols is 1. The Morgan fingerprint density at radius 1 is 1.25 bits per heavy atom. The zero-order valence-electron chi connectivity index (χ0n) is 6.25. The molecule has 0 radical (unpaired) electrons. The predicted octanol–water partition coefficient (Wildman–Crippen LogP) is 0.973. The maximum atomic E-state index is 9.39. The monoisotopic (exact) mass is 161 g/mol. The first-order valence-electron chi connectivity index (χ1n) is 3.52. The van der Waals surface area contributed by atoms with Crippen molar-refractivity contribution >= 4 is 0 Å². The van der Waals surface area contributed by atoms with Gasteiger partial charge in [-0.2, -0.15) is 0 Å². The van der Waals surface area contributed by atoms with Crippen LogP contribution in [-0.2, 0) is 0 Å². The summed E-state index contributed by atoms with van der Waals surface area (Å²) in [6.45, 7) is 0. The van der Waals surface area contributed by atoms with Crippen molar-refractivity contribution in [2.45, 2.75) is 0 Å². The Morgan fingerprint density at radius 2 is 2.08 bits per heavy atom. The zero-order valence-corrected chi connectivity index (χ0v) is 6.25. The van der Waals surface area contributed by atoms with E-state index in [4.69, 9.17) is 0 Å². The minimum absolute atomic E-state index is 0.197. The van der Waals surface area contributed by atoms with Crippen molar-refractivity contribution < 1.29 is 5.11 Å². The highest BCUT2D eigenvalue weighted by Crippen LogP contribution is 2.18. The van der Waals surface area contributed by atoms with Crippen LogP contribution in [0.2, 0.25) is 0 Å². The van der Waals surface area contributed by atoms with Crippen molar-refractivity contribution in [3.8, 4) is 11.4 Å². The molecule has 0 aliphatic heterocycles. The molecular weight excluding hydrogens is 154 g/mol. The maximum Gasteiger partial charge on any atom is 0.141 e. The van der Waals surface area contributed by atoms with Gasteiger partial charge in [-0.15, -0.1) is 5.10 Å². The molecule has 12 heavy (non-hydrogen) atoms. The molecule has 0 saturated heterocycles. The highest BCUT2D eigenvalue weighted by molar-refractivity contribution is 5.44. The second-order valence-electron chi connectivity index (χ2n) is 2.34. The fraction of sp³-hybridized carbons (Fsp3) is 0. The van der Waals surface area contributed by atoms with Gasteiger partial charge in [0.25, 0.3) is 0 Å². The van der Waals surface area contributed by atoms with Crippen molar-refractivity contribution in [3.05, 3.63) is 36.7 Å². The SMILES string of the molecule is Oc1ccccc1-n1ccnn1. The van der Waals surface area contributed by atoms with E-state index in [1.165, 1.54) is 4.68 Å². The second kappa shape index (κ2) is 2.65. The number of aromatic hydroxyl groups is 1. The molecule has 0 spiro atoms. The molecule has 1 aromatic carbocycles. The van der Waals surface area contributed by atoms with Gasteiger partial charge in [-0.1, -0.05) is 17.3 Å². The summed E-state index contributed by atoms with van der Waals surface area (Å²) >= 11 is 0. The van der Waals surface area contributed by atoms with E-state index in [1.54, 1.807) is 30.6 Å². The van der Waals surface area contributed by atoms with Crippen LogP contribution in [0, 0.1) is 0 Å². The van der Waals surface area contributed by atoms with Crippen molar-refractivity contribution in [2.75, 3.05) is 0 Å².